The van der Waals surface area contributed by atoms with Gasteiger partial charge < -0.3 is 0 Å². The summed E-state index contributed by atoms with van der Waals surface area (Å²) in [6.45, 7) is 1.99. The van der Waals surface area contributed by atoms with Crippen LogP contribution in [0.15, 0.2) is 29.4 Å². The van der Waals surface area contributed by atoms with Gasteiger partial charge in [0, 0.05) is 25.0 Å². The van der Waals surface area contributed by atoms with Crippen LogP contribution in [0.1, 0.15) is 18.2 Å². The van der Waals surface area contributed by atoms with E-state index in [1.165, 1.54) is 0 Å². The maximum atomic E-state index is 4.19. The Labute approximate surface area is 72.7 Å². The fourth-order valence-electron chi connectivity index (χ4n) is 0.981. The van der Waals surface area contributed by atoms with E-state index < -0.39 is 0 Å². The SMILES string of the molecule is C/C=C\c1cccnc1/C=N\C. The largest absolute Gasteiger partial charge is 0.294 e. The zero-order chi connectivity index (χ0) is 8.81. The van der Waals surface area contributed by atoms with Crippen LogP contribution in [0.4, 0.5) is 0 Å². The molecule has 0 unspecified atom stereocenters. The van der Waals surface area contributed by atoms with Gasteiger partial charge in [-0.3, -0.25) is 9.98 Å². The summed E-state index contributed by atoms with van der Waals surface area (Å²) >= 11 is 0. The molecule has 0 radical (unpaired) electrons. The van der Waals surface area contributed by atoms with Crippen LogP contribution in [0, 0.1) is 0 Å². The summed E-state index contributed by atoms with van der Waals surface area (Å²) in [5.41, 5.74) is 2.02. The monoisotopic (exact) mass is 160 g/mol. The van der Waals surface area contributed by atoms with E-state index in [2.05, 4.69) is 9.98 Å². The van der Waals surface area contributed by atoms with Gasteiger partial charge in [0.15, 0.2) is 0 Å². The molecule has 2 heteroatoms. The minimum atomic E-state index is 0.915. The molecule has 0 aliphatic rings. The molecule has 1 rings (SSSR count). The van der Waals surface area contributed by atoms with Crippen molar-refractivity contribution in [1.29, 1.82) is 0 Å². The summed E-state index contributed by atoms with van der Waals surface area (Å²) < 4.78 is 0. The molecule has 0 atom stereocenters. The number of nitrogens with zero attached hydrogens (tertiary/aromatic N) is 2. The average Bonchev–Trinajstić information content (AvgIpc) is 2.09. The molecule has 1 aromatic rings. The van der Waals surface area contributed by atoms with Crippen molar-refractivity contribution >= 4 is 12.3 Å². The maximum Gasteiger partial charge on any atom is 0.0879 e. The Bertz CT molecular complexity index is 269. The molecule has 0 bridgehead atoms. The fraction of sp³-hybridized carbons (Fsp3) is 0.200. The normalized spacial score (nSPS) is 11.5. The van der Waals surface area contributed by atoms with Crippen LogP contribution < -0.4 is 0 Å². The molecule has 0 N–H and O–H groups in total. The van der Waals surface area contributed by atoms with Gasteiger partial charge in [-0.05, 0) is 13.0 Å². The molecule has 0 saturated carbocycles. The lowest BCUT2D eigenvalue weighted by atomic mass is 10.2. The predicted octanol–water partition coefficient (Wildman–Crippen LogP) is 2.16. The van der Waals surface area contributed by atoms with Gasteiger partial charge in [0.25, 0.3) is 0 Å². The van der Waals surface area contributed by atoms with Crippen molar-refractivity contribution < 1.29 is 0 Å². The number of rotatable bonds is 2. The van der Waals surface area contributed by atoms with Crippen LogP contribution >= 0.6 is 0 Å². The highest BCUT2D eigenvalue weighted by Gasteiger charge is 1.93. The zero-order valence-electron chi connectivity index (χ0n) is 7.36. The van der Waals surface area contributed by atoms with E-state index in [-0.39, 0.29) is 0 Å². The summed E-state index contributed by atoms with van der Waals surface area (Å²) in [7, 11) is 1.74. The molecular formula is C10H12N2. The molecule has 1 heterocycles. The highest BCUT2D eigenvalue weighted by molar-refractivity contribution is 5.82. The van der Waals surface area contributed by atoms with Crippen LogP contribution in [-0.4, -0.2) is 18.2 Å². The number of aliphatic imine (C=N–C) groups is 1. The Morgan fingerprint density at radius 3 is 3.00 bits per heavy atom. The van der Waals surface area contributed by atoms with Crippen molar-refractivity contribution in [3.8, 4) is 0 Å². The van der Waals surface area contributed by atoms with E-state index >= 15 is 0 Å². The second-order valence-electron chi connectivity index (χ2n) is 2.37. The molecule has 0 aromatic carbocycles. The summed E-state index contributed by atoms with van der Waals surface area (Å²) in [6.07, 6.45) is 7.54. The Morgan fingerprint density at radius 1 is 1.50 bits per heavy atom. The first-order chi connectivity index (χ1) is 5.88. The highest BCUT2D eigenvalue weighted by atomic mass is 14.7. The lowest BCUT2D eigenvalue weighted by Gasteiger charge is -1.96. The predicted molar refractivity (Wildman–Crippen MR) is 52.5 cm³/mol. The molecule has 0 saturated heterocycles. The number of hydrogen-bond acceptors (Lipinski definition) is 2. The zero-order valence-corrected chi connectivity index (χ0v) is 7.36. The van der Waals surface area contributed by atoms with Gasteiger partial charge in [-0.2, -0.15) is 0 Å². The Morgan fingerprint density at radius 2 is 2.33 bits per heavy atom. The number of allylic oxidation sites excluding steroid dienone is 1. The van der Waals surface area contributed by atoms with Gasteiger partial charge in [0.1, 0.15) is 0 Å². The Balaban J connectivity index is 3.08. The van der Waals surface area contributed by atoms with E-state index in [0.717, 1.165) is 11.3 Å². The third-order valence-electron chi connectivity index (χ3n) is 1.47. The third-order valence-corrected chi connectivity index (χ3v) is 1.47. The number of hydrogen-bond donors (Lipinski definition) is 0. The van der Waals surface area contributed by atoms with Crippen molar-refractivity contribution in [3.63, 3.8) is 0 Å². The second-order valence-corrected chi connectivity index (χ2v) is 2.37. The summed E-state index contributed by atoms with van der Waals surface area (Å²) in [6, 6.07) is 3.94. The van der Waals surface area contributed by atoms with Crippen molar-refractivity contribution in [2.24, 2.45) is 4.99 Å². The average molecular weight is 160 g/mol. The van der Waals surface area contributed by atoms with Crippen molar-refractivity contribution in [2.45, 2.75) is 6.92 Å². The van der Waals surface area contributed by atoms with E-state index in [1.54, 1.807) is 19.5 Å². The van der Waals surface area contributed by atoms with Gasteiger partial charge in [-0.1, -0.05) is 18.2 Å². The highest BCUT2D eigenvalue weighted by Crippen LogP contribution is 2.04. The van der Waals surface area contributed by atoms with Gasteiger partial charge in [0.2, 0.25) is 0 Å². The Hall–Kier alpha value is -1.44. The smallest absolute Gasteiger partial charge is 0.0879 e. The number of pyridine rings is 1. The van der Waals surface area contributed by atoms with Crippen LogP contribution in [0.5, 0.6) is 0 Å². The van der Waals surface area contributed by atoms with Gasteiger partial charge >= 0.3 is 0 Å². The molecule has 0 aliphatic heterocycles. The molecule has 0 fully saturated rings. The summed E-state index contributed by atoms with van der Waals surface area (Å²) in [4.78, 5) is 8.11. The first-order valence-corrected chi connectivity index (χ1v) is 3.88. The summed E-state index contributed by atoms with van der Waals surface area (Å²) in [5, 5.41) is 0. The molecule has 12 heavy (non-hydrogen) atoms. The first-order valence-electron chi connectivity index (χ1n) is 3.88. The van der Waals surface area contributed by atoms with E-state index in [4.69, 9.17) is 0 Å². The summed E-state index contributed by atoms with van der Waals surface area (Å²) in [5.74, 6) is 0. The Kier molecular flexibility index (Phi) is 3.20. The first kappa shape index (κ1) is 8.65. The standard InChI is InChI=1S/C10H12N2/c1-3-5-9-6-4-7-12-10(9)8-11-2/h3-8H,1-2H3/b5-3-,11-8-. The van der Waals surface area contributed by atoms with Gasteiger partial charge in [-0.25, -0.2) is 0 Å². The quantitative estimate of drug-likeness (QED) is 0.608. The van der Waals surface area contributed by atoms with Crippen LogP contribution in [0.25, 0.3) is 6.08 Å². The van der Waals surface area contributed by atoms with E-state index in [0.29, 0.717) is 0 Å². The number of aromatic nitrogens is 1. The van der Waals surface area contributed by atoms with E-state index in [1.807, 2.05) is 31.2 Å². The lowest BCUT2D eigenvalue weighted by molar-refractivity contribution is 1.28. The molecule has 2 nitrogen and oxygen atoms in total. The minimum absolute atomic E-state index is 0.915. The fourth-order valence-corrected chi connectivity index (χ4v) is 0.981. The third kappa shape index (κ3) is 2.02. The van der Waals surface area contributed by atoms with Crippen LogP contribution in [0.3, 0.4) is 0 Å². The van der Waals surface area contributed by atoms with Gasteiger partial charge in [0.05, 0.1) is 5.69 Å². The lowest BCUT2D eigenvalue weighted by Crippen LogP contribution is -1.90. The van der Waals surface area contributed by atoms with Crippen molar-refractivity contribution in [3.05, 3.63) is 35.7 Å². The maximum absolute atomic E-state index is 4.19. The molecule has 1 aromatic heterocycles. The topological polar surface area (TPSA) is 25.2 Å². The van der Waals surface area contributed by atoms with Crippen molar-refractivity contribution in [1.82, 2.24) is 4.98 Å². The molecule has 0 aliphatic carbocycles. The molecule has 62 valence electrons. The van der Waals surface area contributed by atoms with Gasteiger partial charge in [-0.15, -0.1) is 0 Å². The van der Waals surface area contributed by atoms with E-state index in [9.17, 15) is 0 Å². The van der Waals surface area contributed by atoms with Crippen molar-refractivity contribution in [2.75, 3.05) is 7.05 Å². The minimum Gasteiger partial charge on any atom is -0.294 e. The molecular weight excluding hydrogens is 148 g/mol. The van der Waals surface area contributed by atoms with Crippen LogP contribution in [-0.2, 0) is 0 Å². The molecule has 0 spiro atoms. The van der Waals surface area contributed by atoms with Crippen LogP contribution in [0.2, 0.25) is 0 Å². The second kappa shape index (κ2) is 4.44. The molecule has 0 amide bonds.